The molecule has 0 aliphatic carbocycles. The van der Waals surface area contributed by atoms with E-state index in [2.05, 4.69) is 9.05 Å². The Bertz CT molecular complexity index is 314. The van der Waals surface area contributed by atoms with Gasteiger partial charge >= 0.3 is 19.9 Å². The van der Waals surface area contributed by atoms with E-state index in [4.69, 9.17) is 0 Å². The van der Waals surface area contributed by atoms with Crippen LogP contribution >= 0.6 is 7.60 Å². The van der Waals surface area contributed by atoms with Crippen LogP contribution in [0.15, 0.2) is 0 Å². The van der Waals surface area contributed by atoms with Crippen LogP contribution in [-0.4, -0.2) is 30.7 Å². The molecule has 0 aromatic rings. The predicted molar refractivity (Wildman–Crippen MR) is 56.0 cm³/mol. The molecule has 0 fully saturated rings. The molecule has 10 heteroatoms. The van der Waals surface area contributed by atoms with Crippen molar-refractivity contribution in [1.82, 2.24) is 0 Å². The maximum atomic E-state index is 13.0. The largest absolute Gasteiger partial charge is 0.414 e. The highest BCUT2D eigenvalue weighted by molar-refractivity contribution is 7.55. The monoisotopic (exact) mass is 316 g/mol. The molecule has 0 rings (SSSR count). The van der Waals surface area contributed by atoms with Crippen molar-refractivity contribution in [2.24, 2.45) is 0 Å². The molecule has 0 aromatic carbocycles. The van der Waals surface area contributed by atoms with Crippen molar-refractivity contribution < 1.29 is 40.0 Å². The van der Waals surface area contributed by atoms with Gasteiger partial charge in [0.2, 0.25) is 0 Å². The molecule has 0 N–H and O–H groups in total. The fourth-order valence-corrected chi connectivity index (χ4v) is 3.87. The highest BCUT2D eigenvalue weighted by atomic mass is 31.2. The summed E-state index contributed by atoms with van der Waals surface area (Å²) in [5.41, 5.74) is 0. The van der Waals surface area contributed by atoms with Gasteiger partial charge in [0.05, 0.1) is 13.2 Å². The third kappa shape index (κ3) is 3.08. The molecular formula is C9H15F6O3P. The molecule has 116 valence electrons. The van der Waals surface area contributed by atoms with Crippen LogP contribution in [0.5, 0.6) is 0 Å². The zero-order chi connectivity index (χ0) is 15.5. The van der Waals surface area contributed by atoms with Gasteiger partial charge in [0.15, 0.2) is 0 Å². The minimum absolute atomic E-state index is 0.592. The van der Waals surface area contributed by atoms with E-state index in [9.17, 15) is 30.9 Å². The molecular weight excluding hydrogens is 301 g/mol. The van der Waals surface area contributed by atoms with Crippen LogP contribution in [0.2, 0.25) is 0 Å². The Balaban J connectivity index is 6.17. The maximum absolute atomic E-state index is 13.0. The summed E-state index contributed by atoms with van der Waals surface area (Å²) in [4.78, 5) is 0. The Kier molecular flexibility index (Phi) is 5.93. The predicted octanol–water partition coefficient (Wildman–Crippen LogP) is 4.53. The number of hydrogen-bond acceptors (Lipinski definition) is 3. The molecule has 0 aliphatic rings. The molecule has 0 saturated heterocycles. The first-order valence-electron chi connectivity index (χ1n) is 5.46. The summed E-state index contributed by atoms with van der Waals surface area (Å²) in [6.45, 7) is 1.74. The average molecular weight is 316 g/mol. The minimum atomic E-state index is -5.81. The van der Waals surface area contributed by atoms with Crippen molar-refractivity contribution in [2.45, 2.75) is 44.7 Å². The summed E-state index contributed by atoms with van der Waals surface area (Å²) in [7, 11) is -5.45. The Hall–Kier alpha value is -0.270. The van der Waals surface area contributed by atoms with Gasteiger partial charge in [0, 0.05) is 0 Å². The van der Waals surface area contributed by atoms with Crippen LogP contribution in [0.25, 0.3) is 0 Å². The topological polar surface area (TPSA) is 35.5 Å². The van der Waals surface area contributed by atoms with Gasteiger partial charge in [-0.2, -0.15) is 26.3 Å². The van der Waals surface area contributed by atoms with Gasteiger partial charge in [0.25, 0.3) is 5.16 Å². The first kappa shape index (κ1) is 18.7. The standard InChI is InChI=1S/C9H15F6O3P/c1-4-7(8(10,11)12,9(13,14)15)19(16,17-5-2)18-6-3/h4-6H2,1-3H3. The maximum Gasteiger partial charge on any atom is 0.414 e. The summed E-state index contributed by atoms with van der Waals surface area (Å²) in [5, 5.41) is -4.51. The smallest absolute Gasteiger partial charge is 0.308 e. The highest BCUT2D eigenvalue weighted by Gasteiger charge is 2.80. The molecule has 0 aliphatic heterocycles. The van der Waals surface area contributed by atoms with Crippen molar-refractivity contribution in [3.8, 4) is 0 Å². The molecule has 0 atom stereocenters. The molecule has 0 spiro atoms. The van der Waals surface area contributed by atoms with Crippen LogP contribution in [0, 0.1) is 0 Å². The summed E-state index contributed by atoms with van der Waals surface area (Å²) in [6.07, 6.45) is -13.1. The van der Waals surface area contributed by atoms with Gasteiger partial charge in [-0.25, -0.2) is 0 Å². The van der Waals surface area contributed by atoms with Crippen molar-refractivity contribution in [1.29, 1.82) is 0 Å². The Labute approximate surface area is 106 Å². The van der Waals surface area contributed by atoms with E-state index in [0.29, 0.717) is 6.92 Å². The van der Waals surface area contributed by atoms with Crippen LogP contribution in [0.4, 0.5) is 26.3 Å². The lowest BCUT2D eigenvalue weighted by molar-refractivity contribution is -0.274. The first-order chi connectivity index (χ1) is 8.43. The van der Waals surface area contributed by atoms with Crippen LogP contribution in [0.1, 0.15) is 27.2 Å². The number of halogens is 6. The normalized spacial score (nSPS) is 14.8. The van der Waals surface area contributed by atoms with Gasteiger partial charge in [-0.1, -0.05) is 6.92 Å². The molecule has 0 unspecified atom stereocenters. The molecule has 3 nitrogen and oxygen atoms in total. The highest BCUT2D eigenvalue weighted by Crippen LogP contribution is 2.72. The van der Waals surface area contributed by atoms with E-state index in [0.717, 1.165) is 13.8 Å². The van der Waals surface area contributed by atoms with E-state index < -0.39 is 44.7 Å². The summed E-state index contributed by atoms with van der Waals surface area (Å²) in [6, 6.07) is 0. The molecule has 0 amide bonds. The van der Waals surface area contributed by atoms with E-state index in [1.807, 2.05) is 0 Å². The van der Waals surface area contributed by atoms with Gasteiger partial charge < -0.3 is 9.05 Å². The van der Waals surface area contributed by atoms with Crippen LogP contribution < -0.4 is 0 Å². The van der Waals surface area contributed by atoms with Crippen molar-refractivity contribution in [3.63, 3.8) is 0 Å². The zero-order valence-corrected chi connectivity index (χ0v) is 11.5. The van der Waals surface area contributed by atoms with Crippen molar-refractivity contribution in [3.05, 3.63) is 0 Å². The van der Waals surface area contributed by atoms with Crippen LogP contribution in [0.3, 0.4) is 0 Å². The van der Waals surface area contributed by atoms with Gasteiger partial charge in [0.1, 0.15) is 0 Å². The number of rotatable bonds is 6. The lowest BCUT2D eigenvalue weighted by Gasteiger charge is -2.40. The summed E-state index contributed by atoms with van der Waals surface area (Å²) in [5.74, 6) is 0. The summed E-state index contributed by atoms with van der Waals surface area (Å²) < 4.78 is 98.4. The quantitative estimate of drug-likeness (QED) is 0.533. The van der Waals surface area contributed by atoms with Crippen molar-refractivity contribution in [2.75, 3.05) is 13.2 Å². The Morgan fingerprint density at radius 1 is 0.842 bits per heavy atom. The van der Waals surface area contributed by atoms with E-state index >= 15 is 0 Å². The molecule has 0 bridgehead atoms. The summed E-state index contributed by atoms with van der Waals surface area (Å²) >= 11 is 0. The zero-order valence-electron chi connectivity index (χ0n) is 10.6. The van der Waals surface area contributed by atoms with E-state index in [-0.39, 0.29) is 0 Å². The number of alkyl halides is 6. The minimum Gasteiger partial charge on any atom is -0.308 e. The second kappa shape index (κ2) is 6.01. The van der Waals surface area contributed by atoms with Gasteiger partial charge in [-0.05, 0) is 20.3 Å². The second-order valence-electron chi connectivity index (χ2n) is 3.54. The van der Waals surface area contributed by atoms with E-state index in [1.165, 1.54) is 0 Å². The van der Waals surface area contributed by atoms with Gasteiger partial charge in [-0.3, -0.25) is 4.57 Å². The molecule has 0 saturated carbocycles. The fourth-order valence-electron chi connectivity index (χ4n) is 1.66. The second-order valence-corrected chi connectivity index (χ2v) is 5.82. The molecule has 19 heavy (non-hydrogen) atoms. The molecule has 0 radical (unpaired) electrons. The fraction of sp³-hybridized carbons (Fsp3) is 1.00. The van der Waals surface area contributed by atoms with Crippen LogP contribution in [-0.2, 0) is 13.6 Å². The Morgan fingerprint density at radius 2 is 1.16 bits per heavy atom. The third-order valence-corrected chi connectivity index (χ3v) is 5.47. The molecule has 0 heterocycles. The van der Waals surface area contributed by atoms with E-state index in [1.54, 1.807) is 0 Å². The van der Waals surface area contributed by atoms with Crippen molar-refractivity contribution >= 4 is 7.60 Å². The third-order valence-electron chi connectivity index (χ3n) is 2.52. The van der Waals surface area contributed by atoms with Gasteiger partial charge in [-0.15, -0.1) is 0 Å². The average Bonchev–Trinajstić information content (AvgIpc) is 2.14. The lowest BCUT2D eigenvalue weighted by Crippen LogP contribution is -2.56. The SMILES string of the molecule is CCOP(=O)(OCC)C(CC)(C(F)(F)F)C(F)(F)F. The first-order valence-corrected chi connectivity index (χ1v) is 7.00. The Morgan fingerprint density at radius 3 is 1.32 bits per heavy atom. The number of hydrogen-bond donors (Lipinski definition) is 0. The lowest BCUT2D eigenvalue weighted by atomic mass is 10.0. The molecule has 0 aromatic heterocycles.